The van der Waals surface area contributed by atoms with E-state index >= 15 is 0 Å². The molecule has 0 saturated heterocycles. The first kappa shape index (κ1) is 24.1. The molecular weight excluding hydrogens is 340 g/mol. The second-order valence-corrected chi connectivity index (χ2v) is 8.41. The Balaban J connectivity index is 0.000000796. The predicted octanol–water partition coefficient (Wildman–Crippen LogP) is 2.77. The van der Waals surface area contributed by atoms with Crippen LogP contribution in [0.2, 0.25) is 0 Å². The third-order valence-corrected chi connectivity index (χ3v) is 5.78. The maximum atomic E-state index is 10.8. The van der Waals surface area contributed by atoms with E-state index < -0.39 is 10.1 Å². The molecule has 7 heteroatoms. The summed E-state index contributed by atoms with van der Waals surface area (Å²) in [5.41, 5.74) is 0.815. The maximum absolute atomic E-state index is 10.8. The van der Waals surface area contributed by atoms with Gasteiger partial charge < -0.3 is 14.4 Å². The van der Waals surface area contributed by atoms with Crippen LogP contribution in [0.25, 0.3) is 0 Å². The molecule has 0 fully saturated rings. The first-order chi connectivity index (χ1) is 11.6. The van der Waals surface area contributed by atoms with Crippen molar-refractivity contribution in [1.29, 1.82) is 0 Å². The summed E-state index contributed by atoms with van der Waals surface area (Å²) in [4.78, 5) is 10.1. The van der Waals surface area contributed by atoms with Crippen molar-refractivity contribution in [3.05, 3.63) is 11.8 Å². The van der Waals surface area contributed by atoms with E-state index in [1.54, 1.807) is 13.1 Å². The van der Waals surface area contributed by atoms with E-state index in [2.05, 4.69) is 33.0 Å². The summed E-state index contributed by atoms with van der Waals surface area (Å²) in [6, 6.07) is 0.242. The van der Waals surface area contributed by atoms with Crippen molar-refractivity contribution in [2.75, 3.05) is 25.4 Å². The first-order valence-corrected chi connectivity index (χ1v) is 11.0. The van der Waals surface area contributed by atoms with Crippen molar-refractivity contribution >= 4 is 16.0 Å². The van der Waals surface area contributed by atoms with Crippen molar-refractivity contribution in [3.63, 3.8) is 0 Å². The quantitative estimate of drug-likeness (QED) is 0.444. The van der Waals surface area contributed by atoms with Gasteiger partial charge in [0.2, 0.25) is 0 Å². The standard InChI is InChI=1S/C14H31NO3S.C4H5NO/c1-5-8-11-15(7-3,12-9-6-2)14(4)10-13-19(16,17)18;1-3-2-5-4(3)6/h14H,5-13H2,1-4H3;2H,1H3,(H,5,6). The molecule has 0 aromatic carbocycles. The Labute approximate surface area is 154 Å². The minimum atomic E-state index is -4.09. The fourth-order valence-electron chi connectivity index (χ4n) is 2.99. The van der Waals surface area contributed by atoms with Crippen LogP contribution in [0.4, 0.5) is 0 Å². The molecule has 0 aromatic rings. The highest BCUT2D eigenvalue weighted by atomic mass is 32.2. The topological polar surface area (TPSA) is 86.3 Å². The third-order valence-electron chi connectivity index (χ3n) is 5.04. The van der Waals surface area contributed by atoms with Crippen molar-refractivity contribution in [2.45, 2.75) is 72.8 Å². The van der Waals surface area contributed by atoms with E-state index in [4.69, 9.17) is 0 Å². The number of carbonyl (C=O) groups excluding carboxylic acids is 1. The molecule has 0 bridgehead atoms. The van der Waals surface area contributed by atoms with Crippen molar-refractivity contribution in [1.82, 2.24) is 5.32 Å². The van der Waals surface area contributed by atoms with Gasteiger partial charge >= 0.3 is 0 Å². The molecular formula is C18H36N2O4S. The Hall–Kier alpha value is -0.920. The lowest BCUT2D eigenvalue weighted by atomic mass is 10.1. The number of hydrogen-bond acceptors (Lipinski definition) is 4. The van der Waals surface area contributed by atoms with Gasteiger partial charge in [-0.05, 0) is 33.6 Å². The Bertz CT molecular complexity index is 521. The van der Waals surface area contributed by atoms with E-state index in [-0.39, 0.29) is 17.7 Å². The van der Waals surface area contributed by atoms with Crippen LogP contribution in [0.1, 0.15) is 66.7 Å². The highest BCUT2D eigenvalue weighted by molar-refractivity contribution is 7.85. The Morgan fingerprint density at radius 1 is 1.16 bits per heavy atom. The fraction of sp³-hybridized carbons (Fsp3) is 0.833. The van der Waals surface area contributed by atoms with Gasteiger partial charge in [0.05, 0.1) is 35.8 Å². The van der Waals surface area contributed by atoms with E-state index in [1.807, 2.05) is 0 Å². The Kier molecular flexibility index (Phi) is 11.2. The van der Waals surface area contributed by atoms with Crippen LogP contribution >= 0.6 is 0 Å². The molecule has 0 radical (unpaired) electrons. The third kappa shape index (κ3) is 9.37. The Morgan fingerprint density at radius 2 is 1.64 bits per heavy atom. The smallest absolute Gasteiger partial charge is 0.252 e. The van der Waals surface area contributed by atoms with Crippen molar-refractivity contribution < 1.29 is 22.2 Å². The average Bonchev–Trinajstić information content (AvgIpc) is 2.58. The van der Waals surface area contributed by atoms with E-state index in [0.29, 0.717) is 6.42 Å². The molecule has 148 valence electrons. The number of rotatable bonds is 11. The molecule has 25 heavy (non-hydrogen) atoms. The van der Waals surface area contributed by atoms with Crippen LogP contribution in [0.5, 0.6) is 0 Å². The summed E-state index contributed by atoms with van der Waals surface area (Å²) >= 11 is 0. The van der Waals surface area contributed by atoms with Crippen LogP contribution in [0.15, 0.2) is 11.8 Å². The van der Waals surface area contributed by atoms with E-state index in [0.717, 1.165) is 55.4 Å². The summed E-state index contributed by atoms with van der Waals surface area (Å²) in [7, 11) is -4.09. The lowest BCUT2D eigenvalue weighted by Gasteiger charge is -2.43. The van der Waals surface area contributed by atoms with Crippen LogP contribution < -0.4 is 5.32 Å². The summed E-state index contributed by atoms with van der Waals surface area (Å²) in [6.07, 6.45) is 6.78. The van der Waals surface area contributed by atoms with Gasteiger partial charge in [0.15, 0.2) is 0 Å². The van der Waals surface area contributed by atoms with Crippen LogP contribution in [0, 0.1) is 0 Å². The SMILES string of the molecule is CC1=CNC1=O.CCCC[N+](CC)(CCCC)C(C)CCS(=O)(=O)[O-]. The second kappa shape index (κ2) is 11.6. The molecule has 1 amide bonds. The van der Waals surface area contributed by atoms with Gasteiger partial charge in [0, 0.05) is 23.9 Å². The average molecular weight is 377 g/mol. The number of carbonyl (C=O) groups is 1. The molecule has 0 aliphatic carbocycles. The second-order valence-electron chi connectivity index (χ2n) is 6.89. The summed E-state index contributed by atoms with van der Waals surface area (Å²) < 4.78 is 33.4. The molecule has 1 atom stereocenters. The molecule has 1 unspecified atom stereocenters. The zero-order valence-electron chi connectivity index (χ0n) is 16.5. The van der Waals surface area contributed by atoms with Gasteiger partial charge in [-0.15, -0.1) is 0 Å². The summed E-state index contributed by atoms with van der Waals surface area (Å²) in [6.45, 7) is 13.6. The normalized spacial score (nSPS) is 15.4. The molecule has 1 rings (SSSR count). The lowest BCUT2D eigenvalue weighted by Crippen LogP contribution is -2.55. The summed E-state index contributed by atoms with van der Waals surface area (Å²) in [5, 5.41) is 2.46. The highest BCUT2D eigenvalue weighted by Gasteiger charge is 2.31. The monoisotopic (exact) mass is 376 g/mol. The number of nitrogens with one attached hydrogen (secondary N) is 1. The zero-order valence-corrected chi connectivity index (χ0v) is 17.3. The van der Waals surface area contributed by atoms with Crippen molar-refractivity contribution in [2.24, 2.45) is 0 Å². The minimum absolute atomic E-state index is 0.0509. The van der Waals surface area contributed by atoms with Crippen LogP contribution in [-0.4, -0.2) is 54.8 Å². The van der Waals surface area contributed by atoms with Gasteiger partial charge in [-0.2, -0.15) is 0 Å². The number of unbranched alkanes of at least 4 members (excludes halogenated alkanes) is 2. The minimum Gasteiger partial charge on any atom is -0.748 e. The van der Waals surface area contributed by atoms with Gasteiger partial charge in [0.1, 0.15) is 0 Å². The van der Waals surface area contributed by atoms with Gasteiger partial charge in [-0.1, -0.05) is 26.7 Å². The van der Waals surface area contributed by atoms with Crippen LogP contribution in [0.3, 0.4) is 0 Å². The van der Waals surface area contributed by atoms with E-state index in [1.165, 1.54) is 0 Å². The predicted molar refractivity (Wildman–Crippen MR) is 101 cm³/mol. The molecule has 0 spiro atoms. The molecule has 0 aromatic heterocycles. The molecule has 0 saturated carbocycles. The van der Waals surface area contributed by atoms with Gasteiger partial charge in [0.25, 0.3) is 5.91 Å². The van der Waals surface area contributed by atoms with Gasteiger partial charge in [-0.3, -0.25) is 4.79 Å². The first-order valence-electron chi connectivity index (χ1n) is 9.38. The Morgan fingerprint density at radius 3 is 1.88 bits per heavy atom. The number of quaternary nitrogens is 1. The van der Waals surface area contributed by atoms with E-state index in [9.17, 15) is 17.8 Å². The molecule has 1 heterocycles. The lowest BCUT2D eigenvalue weighted by molar-refractivity contribution is -0.948. The number of hydrogen-bond donors (Lipinski definition) is 1. The number of nitrogens with zero attached hydrogens (tertiary/aromatic N) is 1. The maximum Gasteiger partial charge on any atom is 0.252 e. The largest absolute Gasteiger partial charge is 0.748 e. The summed E-state index contributed by atoms with van der Waals surface area (Å²) in [5.74, 6) is -0.179. The fourth-order valence-corrected chi connectivity index (χ4v) is 3.62. The molecule has 1 N–H and O–H groups in total. The zero-order chi connectivity index (χ0) is 19.5. The van der Waals surface area contributed by atoms with Crippen LogP contribution in [-0.2, 0) is 14.9 Å². The number of amides is 1. The molecule has 6 nitrogen and oxygen atoms in total. The molecule has 1 aliphatic rings. The van der Waals surface area contributed by atoms with Gasteiger partial charge in [-0.25, -0.2) is 8.42 Å². The van der Waals surface area contributed by atoms with Crippen molar-refractivity contribution in [3.8, 4) is 0 Å². The molecule has 1 aliphatic heterocycles. The highest BCUT2D eigenvalue weighted by Crippen LogP contribution is 2.20.